The average Bonchev–Trinajstić information content (AvgIpc) is 2.68. The fraction of sp³-hybridized carbons (Fsp3) is 0.381. The molecule has 1 aliphatic heterocycles. The number of rotatable bonds is 6. The van der Waals surface area contributed by atoms with Gasteiger partial charge in [0.05, 0.1) is 19.8 Å². The molecule has 0 unspecified atom stereocenters. The minimum absolute atomic E-state index is 0.588. The number of hydrogen-bond donors (Lipinski definition) is 1. The summed E-state index contributed by atoms with van der Waals surface area (Å²) in [5.74, 6) is 0.666. The molecular weight excluding hydrogens is 310 g/mol. The van der Waals surface area contributed by atoms with Gasteiger partial charge in [-0.2, -0.15) is 0 Å². The fourth-order valence-electron chi connectivity index (χ4n) is 3.09. The number of nitrogens with zero attached hydrogens (tertiary/aromatic N) is 2. The lowest BCUT2D eigenvalue weighted by Crippen LogP contribution is -2.40. The van der Waals surface area contributed by atoms with E-state index in [2.05, 4.69) is 34.2 Å². The Morgan fingerprint density at radius 1 is 0.880 bits per heavy atom. The van der Waals surface area contributed by atoms with Crippen LogP contribution in [-0.2, 0) is 24.5 Å². The predicted molar refractivity (Wildman–Crippen MR) is 102 cm³/mol. The van der Waals surface area contributed by atoms with Gasteiger partial charge < -0.3 is 15.4 Å². The molecular formula is C21H27N3O. The summed E-state index contributed by atoms with van der Waals surface area (Å²) in [6.07, 6.45) is 3.71. The quantitative estimate of drug-likeness (QED) is 0.646. The zero-order valence-corrected chi connectivity index (χ0v) is 14.7. The summed E-state index contributed by atoms with van der Waals surface area (Å²) in [6, 6.07) is 18.5. The highest BCUT2D eigenvalue weighted by Gasteiger charge is 2.12. The summed E-state index contributed by atoms with van der Waals surface area (Å²) < 4.78 is 5.88. The fourth-order valence-corrected chi connectivity index (χ4v) is 3.09. The molecule has 0 radical (unpaired) electrons. The van der Waals surface area contributed by atoms with Crippen molar-refractivity contribution in [2.45, 2.75) is 39.0 Å². The topological polar surface area (TPSA) is 50.9 Å². The molecule has 3 rings (SSSR count). The third kappa shape index (κ3) is 5.33. The van der Waals surface area contributed by atoms with E-state index in [1.165, 1.54) is 36.0 Å². The molecule has 0 bridgehead atoms. The molecule has 0 atom stereocenters. The smallest absolute Gasteiger partial charge is 0.191 e. The zero-order chi connectivity index (χ0) is 17.3. The Bertz CT molecular complexity index is 679. The molecule has 25 heavy (non-hydrogen) atoms. The molecule has 2 N–H and O–H groups in total. The molecule has 1 fully saturated rings. The number of ether oxygens (including phenoxy) is 1. The minimum Gasteiger partial charge on any atom is -0.372 e. The van der Waals surface area contributed by atoms with Gasteiger partial charge in [-0.15, -0.1) is 0 Å². The second-order valence-electron chi connectivity index (χ2n) is 6.47. The summed E-state index contributed by atoms with van der Waals surface area (Å²) in [5.41, 5.74) is 9.71. The van der Waals surface area contributed by atoms with Crippen LogP contribution < -0.4 is 5.73 Å². The van der Waals surface area contributed by atoms with Crippen LogP contribution >= 0.6 is 0 Å². The Morgan fingerprint density at radius 2 is 1.56 bits per heavy atom. The lowest BCUT2D eigenvalue weighted by molar-refractivity contribution is 0.106. The van der Waals surface area contributed by atoms with Gasteiger partial charge in [-0.1, -0.05) is 54.6 Å². The molecule has 2 aromatic rings. The third-order valence-electron chi connectivity index (χ3n) is 4.58. The molecule has 2 aromatic carbocycles. The first kappa shape index (κ1) is 17.5. The molecule has 1 heterocycles. The van der Waals surface area contributed by atoms with Crippen molar-refractivity contribution in [1.82, 2.24) is 4.90 Å². The van der Waals surface area contributed by atoms with Crippen LogP contribution in [0, 0.1) is 0 Å². The highest BCUT2D eigenvalue weighted by atomic mass is 16.5. The van der Waals surface area contributed by atoms with E-state index in [4.69, 9.17) is 10.5 Å². The van der Waals surface area contributed by atoms with Crippen LogP contribution in [0.4, 0.5) is 0 Å². The van der Waals surface area contributed by atoms with Gasteiger partial charge in [-0.3, -0.25) is 0 Å². The first-order chi connectivity index (χ1) is 12.3. The first-order valence-corrected chi connectivity index (χ1v) is 9.06. The standard InChI is InChI=1S/C21H27N3O/c22-21(24-13-7-2-8-14-24)23-15-19-11-5-6-12-20(19)17-25-16-18-9-3-1-4-10-18/h1,3-6,9-12H,2,7-8,13-17H2,(H2,22,23). The number of likely N-dealkylation sites (tertiary alicyclic amines) is 1. The lowest BCUT2D eigenvalue weighted by atomic mass is 10.1. The van der Waals surface area contributed by atoms with Gasteiger partial charge >= 0.3 is 0 Å². The highest BCUT2D eigenvalue weighted by molar-refractivity contribution is 5.78. The number of piperidine rings is 1. The number of nitrogens with two attached hydrogens (primary N) is 1. The summed E-state index contributed by atoms with van der Waals surface area (Å²) in [5, 5.41) is 0. The maximum absolute atomic E-state index is 6.17. The largest absolute Gasteiger partial charge is 0.372 e. The van der Waals surface area contributed by atoms with Crippen LogP contribution in [0.25, 0.3) is 0 Å². The van der Waals surface area contributed by atoms with Crippen LogP contribution in [0.15, 0.2) is 59.6 Å². The number of guanidine groups is 1. The maximum atomic E-state index is 6.17. The summed E-state index contributed by atoms with van der Waals surface area (Å²) in [4.78, 5) is 6.80. The van der Waals surface area contributed by atoms with Gasteiger partial charge in [0.2, 0.25) is 0 Å². The minimum atomic E-state index is 0.588. The summed E-state index contributed by atoms with van der Waals surface area (Å²) >= 11 is 0. The van der Waals surface area contributed by atoms with Crippen LogP contribution in [0.1, 0.15) is 36.0 Å². The van der Waals surface area contributed by atoms with E-state index in [1.807, 2.05) is 30.3 Å². The Labute approximate surface area is 150 Å². The normalized spacial score (nSPS) is 15.4. The van der Waals surface area contributed by atoms with E-state index >= 15 is 0 Å². The van der Waals surface area contributed by atoms with Crippen molar-refractivity contribution in [2.24, 2.45) is 10.7 Å². The van der Waals surface area contributed by atoms with Crippen molar-refractivity contribution in [1.29, 1.82) is 0 Å². The van der Waals surface area contributed by atoms with E-state index < -0.39 is 0 Å². The van der Waals surface area contributed by atoms with Crippen molar-refractivity contribution in [3.8, 4) is 0 Å². The molecule has 0 amide bonds. The Hall–Kier alpha value is -2.33. The highest BCUT2D eigenvalue weighted by Crippen LogP contribution is 2.14. The molecule has 1 aliphatic rings. The van der Waals surface area contributed by atoms with Gasteiger partial charge in [-0.05, 0) is 36.0 Å². The molecule has 0 aliphatic carbocycles. The van der Waals surface area contributed by atoms with E-state index in [0.717, 1.165) is 13.1 Å². The maximum Gasteiger partial charge on any atom is 0.191 e. The summed E-state index contributed by atoms with van der Waals surface area (Å²) in [6.45, 7) is 3.86. The SMILES string of the molecule is NC(=NCc1ccccc1COCc1ccccc1)N1CCCCC1. The number of aliphatic imine (C=N–C) groups is 1. The van der Waals surface area contributed by atoms with Gasteiger partial charge in [0.25, 0.3) is 0 Å². The van der Waals surface area contributed by atoms with Gasteiger partial charge in [0.1, 0.15) is 0 Å². The number of benzene rings is 2. The average molecular weight is 337 g/mol. The molecule has 0 saturated carbocycles. The molecule has 1 saturated heterocycles. The van der Waals surface area contributed by atoms with Crippen molar-refractivity contribution in [3.05, 3.63) is 71.3 Å². The van der Waals surface area contributed by atoms with Crippen molar-refractivity contribution in [2.75, 3.05) is 13.1 Å². The summed E-state index contributed by atoms with van der Waals surface area (Å²) in [7, 11) is 0. The molecule has 4 heteroatoms. The zero-order valence-electron chi connectivity index (χ0n) is 14.7. The second kappa shape index (κ2) is 9.23. The second-order valence-corrected chi connectivity index (χ2v) is 6.47. The van der Waals surface area contributed by atoms with E-state index in [1.54, 1.807) is 0 Å². The van der Waals surface area contributed by atoms with Crippen LogP contribution in [-0.4, -0.2) is 23.9 Å². The first-order valence-electron chi connectivity index (χ1n) is 9.06. The van der Waals surface area contributed by atoms with Gasteiger partial charge in [-0.25, -0.2) is 4.99 Å². The number of hydrogen-bond acceptors (Lipinski definition) is 2. The lowest BCUT2D eigenvalue weighted by Gasteiger charge is -2.27. The monoisotopic (exact) mass is 337 g/mol. The third-order valence-corrected chi connectivity index (χ3v) is 4.58. The van der Waals surface area contributed by atoms with Crippen LogP contribution in [0.5, 0.6) is 0 Å². The van der Waals surface area contributed by atoms with Crippen LogP contribution in [0.2, 0.25) is 0 Å². The Balaban J connectivity index is 1.56. The van der Waals surface area contributed by atoms with Crippen LogP contribution in [0.3, 0.4) is 0 Å². The van der Waals surface area contributed by atoms with E-state index in [-0.39, 0.29) is 0 Å². The molecule has 0 spiro atoms. The van der Waals surface area contributed by atoms with Gasteiger partial charge in [0.15, 0.2) is 5.96 Å². The van der Waals surface area contributed by atoms with Crippen molar-refractivity contribution < 1.29 is 4.74 Å². The predicted octanol–water partition coefficient (Wildman–Crippen LogP) is 3.70. The van der Waals surface area contributed by atoms with Crippen molar-refractivity contribution >= 4 is 5.96 Å². The van der Waals surface area contributed by atoms with Gasteiger partial charge in [0, 0.05) is 13.1 Å². The molecule has 4 nitrogen and oxygen atoms in total. The molecule has 132 valence electrons. The Morgan fingerprint density at radius 3 is 2.32 bits per heavy atom. The van der Waals surface area contributed by atoms with E-state index in [9.17, 15) is 0 Å². The molecule has 0 aromatic heterocycles. The van der Waals surface area contributed by atoms with E-state index in [0.29, 0.717) is 25.7 Å². The van der Waals surface area contributed by atoms with Crippen molar-refractivity contribution in [3.63, 3.8) is 0 Å². The Kier molecular flexibility index (Phi) is 6.46.